The van der Waals surface area contributed by atoms with Crippen LogP contribution >= 0.6 is 11.3 Å². The average molecular weight is 379 g/mol. The fourth-order valence-corrected chi connectivity index (χ4v) is 3.42. The highest BCUT2D eigenvalue weighted by molar-refractivity contribution is 7.09. The molecular formula is C21H21N3O2S. The molecule has 1 heterocycles. The van der Waals surface area contributed by atoms with Crippen LogP contribution < -0.4 is 10.6 Å². The van der Waals surface area contributed by atoms with Gasteiger partial charge in [0, 0.05) is 23.6 Å². The van der Waals surface area contributed by atoms with Gasteiger partial charge in [-0.15, -0.1) is 11.3 Å². The van der Waals surface area contributed by atoms with E-state index in [0.717, 1.165) is 21.8 Å². The standard InChI is InChI=1S/C21H21N3O2S/c1-14(25)22-19(16-6-4-3-5-7-16)12-21(26)24-18-10-8-17(9-11-18)20-13-27-15(2)23-20/h3-11,13,19H,12H2,1-2H3,(H,22,25)(H,24,26)/t19-/m1/s1. The first-order valence-electron chi connectivity index (χ1n) is 8.66. The fraction of sp³-hybridized carbons (Fsp3) is 0.190. The van der Waals surface area contributed by atoms with E-state index in [1.807, 2.05) is 66.9 Å². The van der Waals surface area contributed by atoms with Gasteiger partial charge < -0.3 is 10.6 Å². The number of amides is 2. The summed E-state index contributed by atoms with van der Waals surface area (Å²) >= 11 is 1.61. The zero-order valence-electron chi connectivity index (χ0n) is 15.2. The van der Waals surface area contributed by atoms with E-state index in [9.17, 15) is 9.59 Å². The van der Waals surface area contributed by atoms with E-state index in [1.165, 1.54) is 6.92 Å². The number of hydrogen-bond donors (Lipinski definition) is 2. The minimum Gasteiger partial charge on any atom is -0.349 e. The summed E-state index contributed by atoms with van der Waals surface area (Å²) in [6.07, 6.45) is 0.163. The molecule has 2 amide bonds. The summed E-state index contributed by atoms with van der Waals surface area (Å²) in [6.45, 7) is 3.42. The number of hydrogen-bond acceptors (Lipinski definition) is 4. The first kappa shape index (κ1) is 18.8. The maximum absolute atomic E-state index is 12.5. The molecule has 2 aromatic carbocycles. The number of rotatable bonds is 6. The Bertz CT molecular complexity index is 920. The molecule has 0 aliphatic carbocycles. The van der Waals surface area contributed by atoms with Gasteiger partial charge in [0.05, 0.1) is 23.2 Å². The Morgan fingerprint density at radius 3 is 2.37 bits per heavy atom. The van der Waals surface area contributed by atoms with Gasteiger partial charge in [-0.25, -0.2) is 4.98 Å². The number of aryl methyl sites for hydroxylation is 1. The molecule has 0 saturated heterocycles. The van der Waals surface area contributed by atoms with Crippen LogP contribution in [-0.4, -0.2) is 16.8 Å². The van der Waals surface area contributed by atoms with E-state index < -0.39 is 0 Å². The molecule has 0 saturated carbocycles. The molecule has 5 nitrogen and oxygen atoms in total. The van der Waals surface area contributed by atoms with E-state index in [2.05, 4.69) is 15.6 Å². The number of nitrogens with one attached hydrogen (secondary N) is 2. The number of aromatic nitrogens is 1. The highest BCUT2D eigenvalue weighted by Crippen LogP contribution is 2.23. The summed E-state index contributed by atoms with van der Waals surface area (Å²) in [6, 6.07) is 16.7. The lowest BCUT2D eigenvalue weighted by Crippen LogP contribution is -2.29. The summed E-state index contributed by atoms with van der Waals surface area (Å²) in [4.78, 5) is 28.4. The van der Waals surface area contributed by atoms with E-state index in [4.69, 9.17) is 0 Å². The van der Waals surface area contributed by atoms with Crippen molar-refractivity contribution in [2.45, 2.75) is 26.3 Å². The monoisotopic (exact) mass is 379 g/mol. The largest absolute Gasteiger partial charge is 0.349 e. The molecule has 3 aromatic rings. The molecular weight excluding hydrogens is 358 g/mol. The summed E-state index contributed by atoms with van der Waals surface area (Å²) in [5, 5.41) is 8.77. The van der Waals surface area contributed by atoms with E-state index in [1.54, 1.807) is 11.3 Å². The summed E-state index contributed by atoms with van der Waals surface area (Å²) < 4.78 is 0. The third kappa shape index (κ3) is 5.24. The summed E-state index contributed by atoms with van der Waals surface area (Å²) in [5.74, 6) is -0.325. The molecule has 2 N–H and O–H groups in total. The lowest BCUT2D eigenvalue weighted by atomic mass is 10.0. The van der Waals surface area contributed by atoms with Gasteiger partial charge in [-0.2, -0.15) is 0 Å². The molecule has 0 unspecified atom stereocenters. The molecule has 3 rings (SSSR count). The number of carbonyl (C=O) groups excluding carboxylic acids is 2. The van der Waals surface area contributed by atoms with Crippen molar-refractivity contribution in [3.8, 4) is 11.3 Å². The van der Waals surface area contributed by atoms with Crippen molar-refractivity contribution in [3.63, 3.8) is 0 Å². The lowest BCUT2D eigenvalue weighted by molar-refractivity contribution is -0.120. The van der Waals surface area contributed by atoms with Gasteiger partial charge in [-0.05, 0) is 24.6 Å². The number of carbonyl (C=O) groups is 2. The summed E-state index contributed by atoms with van der Waals surface area (Å²) in [5.41, 5.74) is 3.56. The predicted molar refractivity (Wildman–Crippen MR) is 109 cm³/mol. The molecule has 27 heavy (non-hydrogen) atoms. The zero-order chi connectivity index (χ0) is 19.2. The number of benzene rings is 2. The van der Waals surface area contributed by atoms with Crippen LogP contribution in [0.3, 0.4) is 0 Å². The Labute approximate surface area is 162 Å². The fourth-order valence-electron chi connectivity index (χ4n) is 2.80. The van der Waals surface area contributed by atoms with Crippen LogP contribution in [0.4, 0.5) is 5.69 Å². The maximum atomic E-state index is 12.5. The number of thiazole rings is 1. The normalized spacial score (nSPS) is 11.6. The van der Waals surface area contributed by atoms with Crippen molar-refractivity contribution in [3.05, 3.63) is 70.5 Å². The SMILES string of the molecule is CC(=O)N[C@H](CC(=O)Nc1ccc(-c2csc(C)n2)cc1)c1ccccc1. The molecule has 1 aromatic heterocycles. The molecule has 0 bridgehead atoms. The van der Waals surface area contributed by atoms with Crippen molar-refractivity contribution in [1.29, 1.82) is 0 Å². The van der Waals surface area contributed by atoms with Gasteiger partial charge in [0.25, 0.3) is 0 Å². The Morgan fingerprint density at radius 1 is 1.07 bits per heavy atom. The lowest BCUT2D eigenvalue weighted by Gasteiger charge is -2.18. The number of nitrogens with zero attached hydrogens (tertiary/aromatic N) is 1. The second kappa shape index (κ2) is 8.60. The van der Waals surface area contributed by atoms with Gasteiger partial charge in [-0.3, -0.25) is 9.59 Å². The second-order valence-corrected chi connectivity index (χ2v) is 7.31. The first-order valence-corrected chi connectivity index (χ1v) is 9.53. The predicted octanol–water partition coefficient (Wildman–Crippen LogP) is 4.32. The van der Waals surface area contributed by atoms with Crippen LogP contribution in [0, 0.1) is 6.92 Å². The Morgan fingerprint density at radius 2 is 1.78 bits per heavy atom. The maximum Gasteiger partial charge on any atom is 0.226 e. The van der Waals surface area contributed by atoms with Gasteiger partial charge in [0.2, 0.25) is 11.8 Å². The molecule has 1 atom stereocenters. The van der Waals surface area contributed by atoms with Crippen LogP contribution in [0.5, 0.6) is 0 Å². The Balaban J connectivity index is 1.66. The van der Waals surface area contributed by atoms with E-state index in [0.29, 0.717) is 5.69 Å². The third-order valence-corrected chi connectivity index (χ3v) is 4.83. The quantitative estimate of drug-likeness (QED) is 0.670. The van der Waals surface area contributed by atoms with Gasteiger partial charge in [-0.1, -0.05) is 42.5 Å². The van der Waals surface area contributed by atoms with Crippen LogP contribution in [0.1, 0.15) is 30.0 Å². The average Bonchev–Trinajstić information content (AvgIpc) is 3.08. The van der Waals surface area contributed by atoms with E-state index >= 15 is 0 Å². The van der Waals surface area contributed by atoms with Crippen molar-refractivity contribution in [1.82, 2.24) is 10.3 Å². The minimum absolute atomic E-state index is 0.158. The smallest absolute Gasteiger partial charge is 0.226 e. The molecule has 6 heteroatoms. The van der Waals surface area contributed by atoms with Crippen LogP contribution in [-0.2, 0) is 9.59 Å². The van der Waals surface area contributed by atoms with Crippen molar-refractivity contribution in [2.75, 3.05) is 5.32 Å². The van der Waals surface area contributed by atoms with Crippen molar-refractivity contribution < 1.29 is 9.59 Å². The molecule has 0 fully saturated rings. The van der Waals surface area contributed by atoms with Gasteiger partial charge in [0.1, 0.15) is 0 Å². The van der Waals surface area contributed by atoms with Gasteiger partial charge >= 0.3 is 0 Å². The van der Waals surface area contributed by atoms with Gasteiger partial charge in [0.15, 0.2) is 0 Å². The Kier molecular flexibility index (Phi) is 5.98. The molecule has 0 aliphatic rings. The first-order chi connectivity index (χ1) is 13.0. The van der Waals surface area contributed by atoms with E-state index in [-0.39, 0.29) is 24.3 Å². The van der Waals surface area contributed by atoms with Crippen molar-refractivity contribution in [2.24, 2.45) is 0 Å². The second-order valence-electron chi connectivity index (χ2n) is 6.25. The zero-order valence-corrected chi connectivity index (χ0v) is 16.0. The van der Waals surface area contributed by atoms with Crippen LogP contribution in [0.2, 0.25) is 0 Å². The number of anilines is 1. The molecule has 0 aliphatic heterocycles. The Hall–Kier alpha value is -2.99. The third-order valence-electron chi connectivity index (χ3n) is 4.05. The molecule has 0 spiro atoms. The molecule has 138 valence electrons. The van der Waals surface area contributed by atoms with Crippen molar-refractivity contribution >= 4 is 28.8 Å². The highest BCUT2D eigenvalue weighted by atomic mass is 32.1. The minimum atomic E-state index is -0.360. The van der Waals surface area contributed by atoms with Crippen LogP contribution in [0.15, 0.2) is 60.0 Å². The topological polar surface area (TPSA) is 71.1 Å². The summed E-state index contributed by atoms with van der Waals surface area (Å²) in [7, 11) is 0. The highest BCUT2D eigenvalue weighted by Gasteiger charge is 2.17. The molecule has 0 radical (unpaired) electrons. The van der Waals surface area contributed by atoms with Crippen LogP contribution in [0.25, 0.3) is 11.3 Å².